The molecule has 0 heterocycles. The van der Waals surface area contributed by atoms with E-state index < -0.39 is 45.6 Å². The number of aliphatic hydroxyl groups excluding tert-OH is 1. The van der Waals surface area contributed by atoms with E-state index in [0.29, 0.717) is 17.7 Å². The Morgan fingerprint density at radius 2 is 1.38 bits per heavy atom. The van der Waals surface area contributed by atoms with Gasteiger partial charge in [0.1, 0.15) is 6.23 Å². The first-order chi connectivity index (χ1) is 15.6. The molecule has 3 rings (SSSR count). The molecule has 188 valence electrons. The average molecular weight is 511 g/mol. The number of alkyl halides is 6. The van der Waals surface area contributed by atoms with Crippen LogP contribution in [0.4, 0.5) is 26.3 Å². The first-order valence-electron chi connectivity index (χ1n) is 10.3. The summed E-state index contributed by atoms with van der Waals surface area (Å²) < 4.78 is 103. The second-order valence-electron chi connectivity index (χ2n) is 8.41. The number of rotatable bonds is 8. The van der Waals surface area contributed by atoms with Crippen LogP contribution in [0, 0.1) is 5.92 Å². The van der Waals surface area contributed by atoms with Crippen LogP contribution in [0.25, 0.3) is 0 Å². The minimum absolute atomic E-state index is 0.0362. The fourth-order valence-corrected chi connectivity index (χ4v) is 5.18. The molecule has 2 aromatic rings. The van der Waals surface area contributed by atoms with E-state index in [9.17, 15) is 45.0 Å². The summed E-state index contributed by atoms with van der Waals surface area (Å²) in [6.45, 7) is 1.64. The van der Waals surface area contributed by atoms with Crippen LogP contribution in [0.5, 0.6) is 0 Å². The summed E-state index contributed by atoms with van der Waals surface area (Å²) in [4.78, 5) is 0.174. The Morgan fingerprint density at radius 1 is 0.912 bits per heavy atom. The molecular formula is C22H23F6NO4S. The molecule has 0 bridgehead atoms. The van der Waals surface area contributed by atoms with Gasteiger partial charge in [0.2, 0.25) is 0 Å². The number of nitrogens with one attached hydrogen (secondary N) is 1. The minimum atomic E-state index is -6.00. The molecular weight excluding hydrogens is 488 g/mol. The number of sulfone groups is 1. The molecule has 1 aliphatic carbocycles. The van der Waals surface area contributed by atoms with Gasteiger partial charge in [-0.05, 0) is 48.9 Å². The Morgan fingerprint density at radius 3 is 1.82 bits per heavy atom. The summed E-state index contributed by atoms with van der Waals surface area (Å²) in [5.74, 6) is 0.280. The molecule has 5 nitrogen and oxygen atoms in total. The highest BCUT2D eigenvalue weighted by Gasteiger charge is 2.71. The first-order valence-corrected chi connectivity index (χ1v) is 11.9. The van der Waals surface area contributed by atoms with Crippen LogP contribution < -0.4 is 5.32 Å². The zero-order valence-electron chi connectivity index (χ0n) is 17.9. The van der Waals surface area contributed by atoms with Gasteiger partial charge in [-0.15, -0.1) is 0 Å². The van der Waals surface area contributed by atoms with E-state index in [1.165, 1.54) is 12.1 Å². The van der Waals surface area contributed by atoms with Crippen LogP contribution >= 0.6 is 0 Å². The predicted molar refractivity (Wildman–Crippen MR) is 110 cm³/mol. The summed E-state index contributed by atoms with van der Waals surface area (Å²) in [5.41, 5.74) is -5.92. The van der Waals surface area contributed by atoms with E-state index in [4.69, 9.17) is 0 Å². The van der Waals surface area contributed by atoms with Crippen molar-refractivity contribution in [1.82, 2.24) is 5.32 Å². The van der Waals surface area contributed by atoms with E-state index >= 15 is 0 Å². The number of halogens is 6. The molecule has 3 N–H and O–H groups in total. The molecule has 12 heteroatoms. The summed E-state index contributed by atoms with van der Waals surface area (Å²) in [5, 5.41) is 22.5. The molecule has 34 heavy (non-hydrogen) atoms. The highest BCUT2D eigenvalue weighted by Crippen LogP contribution is 2.50. The maximum absolute atomic E-state index is 13.0. The van der Waals surface area contributed by atoms with Crippen molar-refractivity contribution >= 4 is 9.84 Å². The van der Waals surface area contributed by atoms with Gasteiger partial charge in [-0.2, -0.15) is 26.3 Å². The molecule has 1 aliphatic rings. The van der Waals surface area contributed by atoms with Gasteiger partial charge in [0.05, 0.1) is 10.6 Å². The monoisotopic (exact) mass is 511 g/mol. The highest BCUT2D eigenvalue weighted by molar-refractivity contribution is 7.91. The Labute approximate surface area is 192 Å². The van der Waals surface area contributed by atoms with Crippen molar-refractivity contribution in [3.05, 3.63) is 65.2 Å². The highest BCUT2D eigenvalue weighted by atomic mass is 32.2. The Balaban J connectivity index is 1.71. The Bertz CT molecular complexity index is 1080. The third kappa shape index (κ3) is 5.40. The zero-order valence-corrected chi connectivity index (χ0v) is 18.7. The van der Waals surface area contributed by atoms with Crippen molar-refractivity contribution in [3.8, 4) is 0 Å². The molecule has 0 amide bonds. The van der Waals surface area contributed by atoms with Gasteiger partial charge in [0.15, 0.2) is 9.84 Å². The van der Waals surface area contributed by atoms with Crippen LogP contribution in [0.3, 0.4) is 0 Å². The lowest BCUT2D eigenvalue weighted by Gasteiger charge is -2.32. The molecule has 0 aromatic heterocycles. The second-order valence-corrected chi connectivity index (χ2v) is 10.4. The largest absolute Gasteiger partial charge is 0.430 e. The molecule has 1 fully saturated rings. The van der Waals surface area contributed by atoms with Gasteiger partial charge >= 0.3 is 12.4 Å². The third-order valence-electron chi connectivity index (χ3n) is 5.76. The van der Waals surface area contributed by atoms with Gasteiger partial charge in [-0.25, -0.2) is 8.42 Å². The van der Waals surface area contributed by atoms with Gasteiger partial charge in [0, 0.05) is 11.6 Å². The van der Waals surface area contributed by atoms with Crippen molar-refractivity contribution in [2.24, 2.45) is 5.92 Å². The van der Waals surface area contributed by atoms with Crippen LogP contribution in [-0.4, -0.2) is 36.7 Å². The molecule has 1 unspecified atom stereocenters. The van der Waals surface area contributed by atoms with Gasteiger partial charge in [-0.1, -0.05) is 36.4 Å². The van der Waals surface area contributed by atoms with Crippen molar-refractivity contribution in [2.45, 2.75) is 54.9 Å². The quantitative estimate of drug-likeness (QED) is 0.358. The topological polar surface area (TPSA) is 86.6 Å². The molecule has 1 saturated carbocycles. The van der Waals surface area contributed by atoms with Gasteiger partial charge in [0.25, 0.3) is 5.60 Å². The number of hydrogen-bond donors (Lipinski definition) is 3. The summed E-state index contributed by atoms with van der Waals surface area (Å²) >= 11 is 0. The van der Waals surface area contributed by atoms with Crippen LogP contribution in [0.15, 0.2) is 53.4 Å². The molecule has 0 radical (unpaired) electrons. The normalized spacial score (nSPS) is 17.4. The fourth-order valence-electron chi connectivity index (χ4n) is 3.48. The summed E-state index contributed by atoms with van der Waals surface area (Å²) in [6.07, 6.45) is -11.7. The SMILES string of the molecule is C[C@@H](NC(O)c1ccc(C(O)(C(F)(F)F)C(F)(F)F)cc1)c1ccc(S(=O)(=O)CC2CC2)cc1. The first kappa shape index (κ1) is 26.5. The maximum atomic E-state index is 13.0. The van der Waals surface area contributed by atoms with Crippen molar-refractivity contribution in [1.29, 1.82) is 0 Å². The maximum Gasteiger partial charge on any atom is 0.430 e. The lowest BCUT2D eigenvalue weighted by Crippen LogP contribution is -2.53. The van der Waals surface area contributed by atoms with Crippen molar-refractivity contribution in [2.75, 3.05) is 5.75 Å². The summed E-state index contributed by atoms with van der Waals surface area (Å²) in [7, 11) is -3.39. The minimum Gasteiger partial charge on any atom is -0.374 e. The number of aliphatic hydroxyl groups is 2. The van der Waals surface area contributed by atoms with E-state index in [2.05, 4.69) is 5.32 Å². The summed E-state index contributed by atoms with van der Waals surface area (Å²) in [6, 6.07) is 8.04. The van der Waals surface area contributed by atoms with E-state index in [1.807, 2.05) is 0 Å². The zero-order chi connectivity index (χ0) is 25.5. The Kier molecular flexibility index (Phi) is 7.11. The number of hydrogen-bond acceptors (Lipinski definition) is 5. The number of benzene rings is 2. The molecule has 0 spiro atoms. The fraction of sp³-hybridized carbons (Fsp3) is 0.455. The van der Waals surface area contributed by atoms with Crippen LogP contribution in [0.1, 0.15) is 48.7 Å². The predicted octanol–water partition coefficient (Wildman–Crippen LogP) is 4.52. The van der Waals surface area contributed by atoms with Crippen molar-refractivity contribution in [3.63, 3.8) is 0 Å². The lowest BCUT2D eigenvalue weighted by molar-refractivity contribution is -0.376. The van der Waals surface area contributed by atoms with Crippen LogP contribution in [0.2, 0.25) is 0 Å². The molecule has 2 atom stereocenters. The van der Waals surface area contributed by atoms with Gasteiger partial charge in [-0.3, -0.25) is 5.32 Å². The average Bonchev–Trinajstić information content (AvgIpc) is 3.55. The molecule has 0 aliphatic heterocycles. The van der Waals surface area contributed by atoms with Crippen molar-refractivity contribution < 1.29 is 45.0 Å². The standard InChI is InChI=1S/C22H23F6NO4S/c1-13(15-6-10-18(11-7-15)34(32,33)12-14-2-3-14)29-19(30)16-4-8-17(9-5-16)20(31,21(23,24)25)22(26,27)28/h4-11,13-14,19,29-31H,2-3,12H2,1H3/t13-,19?/m1/s1. The van der Waals surface area contributed by atoms with E-state index in [1.54, 1.807) is 19.1 Å². The van der Waals surface area contributed by atoms with E-state index in [0.717, 1.165) is 25.0 Å². The lowest BCUT2D eigenvalue weighted by atomic mass is 9.91. The second kappa shape index (κ2) is 9.14. The molecule has 2 aromatic carbocycles. The Hall–Kier alpha value is -2.15. The van der Waals surface area contributed by atoms with E-state index in [-0.39, 0.29) is 22.1 Å². The van der Waals surface area contributed by atoms with Crippen LogP contribution in [-0.2, 0) is 15.4 Å². The molecule has 0 saturated heterocycles. The van der Waals surface area contributed by atoms with Gasteiger partial charge < -0.3 is 10.2 Å². The third-order valence-corrected chi connectivity index (χ3v) is 7.66. The smallest absolute Gasteiger partial charge is 0.374 e.